The summed E-state index contributed by atoms with van der Waals surface area (Å²) in [5.41, 5.74) is 6.14. The number of amidine groups is 1. The van der Waals surface area contributed by atoms with Gasteiger partial charge in [-0.05, 0) is 65.8 Å². The van der Waals surface area contributed by atoms with Crippen LogP contribution in [-0.2, 0) is 6.42 Å². The van der Waals surface area contributed by atoms with E-state index in [1.54, 1.807) is 11.8 Å². The molecule has 1 aliphatic heterocycles. The summed E-state index contributed by atoms with van der Waals surface area (Å²) in [5.74, 6) is 1.62. The molecule has 3 aromatic carbocycles. The maximum absolute atomic E-state index is 12.9. The van der Waals surface area contributed by atoms with Crippen LogP contribution in [0.1, 0.15) is 55.7 Å². The van der Waals surface area contributed by atoms with Gasteiger partial charge in [-0.1, -0.05) is 68.9 Å². The van der Waals surface area contributed by atoms with E-state index in [9.17, 15) is 18.0 Å². The number of aryl methyl sites for hydroxylation is 1. The highest BCUT2D eigenvalue weighted by Crippen LogP contribution is 2.41. The lowest BCUT2D eigenvalue weighted by atomic mass is 9.97. The molecule has 45 heavy (non-hydrogen) atoms. The number of urea groups is 1. The number of rotatable bonds is 8. The number of halogens is 3. The molecule has 2 amide bonds. The molecular weight excluding hydrogens is 601 g/mol. The summed E-state index contributed by atoms with van der Waals surface area (Å²) in [6.45, 7) is 7.35. The Morgan fingerprint density at radius 1 is 1.11 bits per heavy atom. The number of benzene rings is 3. The van der Waals surface area contributed by atoms with Gasteiger partial charge in [0.1, 0.15) is 12.1 Å². The van der Waals surface area contributed by atoms with Crippen molar-refractivity contribution in [2.75, 3.05) is 17.2 Å². The fraction of sp³-hybridized carbons (Fsp3) is 0.333. The number of carbonyl (C=O) groups is 1. The molecule has 2 atom stereocenters. The standard InChI is InChI=1S/C33H33F3N6O2S/c1-4-21-5-14-29(26(17-21)20(2)3)41-15-16-45-32(41)39-31(43)38-28-18-27(28)22-6-8-23(9-7-22)30-37-19-42(40-30)24-10-12-25(13-11-24)44-33(34,35)36/h5-14,17,19-20,27-28H,4,15-16,18H2,1-3H3,(H,38,43)/b39-32-. The zero-order chi connectivity index (χ0) is 31.7. The summed E-state index contributed by atoms with van der Waals surface area (Å²) < 4.78 is 42.7. The molecule has 234 valence electrons. The highest BCUT2D eigenvalue weighted by atomic mass is 32.2. The minimum absolute atomic E-state index is 0.0178. The molecule has 2 aliphatic rings. The summed E-state index contributed by atoms with van der Waals surface area (Å²) in [7, 11) is 0. The van der Waals surface area contributed by atoms with Crippen LogP contribution in [0.15, 0.2) is 78.0 Å². The van der Waals surface area contributed by atoms with Crippen molar-refractivity contribution in [3.05, 3.63) is 89.7 Å². The third-order valence-electron chi connectivity index (χ3n) is 7.91. The number of ether oxygens (including phenoxy) is 1. The first-order valence-corrected chi connectivity index (χ1v) is 15.9. The van der Waals surface area contributed by atoms with Crippen LogP contribution < -0.4 is 15.0 Å². The normalized spacial score (nSPS) is 18.9. The van der Waals surface area contributed by atoms with E-state index in [4.69, 9.17) is 0 Å². The average molecular weight is 635 g/mol. The zero-order valence-corrected chi connectivity index (χ0v) is 25.9. The summed E-state index contributed by atoms with van der Waals surface area (Å²) >= 11 is 1.61. The van der Waals surface area contributed by atoms with Gasteiger partial charge < -0.3 is 15.0 Å². The van der Waals surface area contributed by atoms with Crippen molar-refractivity contribution in [1.29, 1.82) is 0 Å². The molecule has 0 radical (unpaired) electrons. The first kappa shape index (κ1) is 30.7. The van der Waals surface area contributed by atoms with Crippen molar-refractivity contribution < 1.29 is 22.7 Å². The lowest BCUT2D eigenvalue weighted by molar-refractivity contribution is -0.274. The van der Waals surface area contributed by atoms with E-state index in [1.807, 2.05) is 24.3 Å². The van der Waals surface area contributed by atoms with Crippen LogP contribution >= 0.6 is 11.8 Å². The summed E-state index contributed by atoms with van der Waals surface area (Å²) in [6.07, 6.45) is -1.42. The molecule has 12 heteroatoms. The van der Waals surface area contributed by atoms with Gasteiger partial charge in [-0.3, -0.25) is 0 Å². The Bertz CT molecular complexity index is 1700. The first-order valence-electron chi connectivity index (χ1n) is 14.9. The molecule has 0 spiro atoms. The van der Waals surface area contributed by atoms with Gasteiger partial charge in [0, 0.05) is 35.5 Å². The molecule has 0 bridgehead atoms. The van der Waals surface area contributed by atoms with Crippen LogP contribution in [0, 0.1) is 0 Å². The number of nitrogens with zero attached hydrogens (tertiary/aromatic N) is 5. The molecule has 4 aromatic rings. The van der Waals surface area contributed by atoms with Crippen molar-refractivity contribution >= 4 is 28.6 Å². The molecule has 1 aromatic heterocycles. The van der Waals surface area contributed by atoms with E-state index in [-0.39, 0.29) is 23.7 Å². The van der Waals surface area contributed by atoms with Gasteiger partial charge in [0.05, 0.1) is 5.69 Å². The number of thioether (sulfide) groups is 1. The largest absolute Gasteiger partial charge is 0.573 e. The Morgan fingerprint density at radius 2 is 1.87 bits per heavy atom. The third kappa shape index (κ3) is 7.16. The number of amides is 2. The van der Waals surface area contributed by atoms with Gasteiger partial charge in [-0.25, -0.2) is 14.5 Å². The molecule has 2 unspecified atom stereocenters. The van der Waals surface area contributed by atoms with Crippen molar-refractivity contribution in [3.63, 3.8) is 0 Å². The van der Waals surface area contributed by atoms with E-state index in [0.29, 0.717) is 17.4 Å². The minimum Gasteiger partial charge on any atom is -0.406 e. The van der Waals surface area contributed by atoms with Crippen LogP contribution in [0.5, 0.6) is 5.75 Å². The van der Waals surface area contributed by atoms with Crippen LogP contribution in [0.25, 0.3) is 17.1 Å². The molecular formula is C33H33F3N6O2S. The number of aromatic nitrogens is 3. The van der Waals surface area contributed by atoms with Gasteiger partial charge in [-0.15, -0.1) is 18.3 Å². The Balaban J connectivity index is 1.06. The number of nitrogens with one attached hydrogen (secondary N) is 1. The quantitative estimate of drug-likeness (QED) is 0.214. The van der Waals surface area contributed by atoms with Gasteiger partial charge in [0.25, 0.3) is 0 Å². The Kier molecular flexibility index (Phi) is 8.59. The summed E-state index contributed by atoms with van der Waals surface area (Å²) in [4.78, 5) is 23.9. The molecule has 1 N–H and O–H groups in total. The van der Waals surface area contributed by atoms with E-state index in [0.717, 1.165) is 47.1 Å². The molecule has 2 heterocycles. The van der Waals surface area contributed by atoms with Crippen LogP contribution in [0.3, 0.4) is 0 Å². The predicted molar refractivity (Wildman–Crippen MR) is 170 cm³/mol. The van der Waals surface area contributed by atoms with Crippen LogP contribution in [0.4, 0.5) is 23.7 Å². The monoisotopic (exact) mass is 634 g/mol. The van der Waals surface area contributed by atoms with Crippen molar-refractivity contribution in [2.24, 2.45) is 4.99 Å². The summed E-state index contributed by atoms with van der Waals surface area (Å²) in [5, 5.41) is 8.27. The van der Waals surface area contributed by atoms with Gasteiger partial charge in [0.15, 0.2) is 11.0 Å². The molecule has 6 rings (SSSR count). The number of carbonyl (C=O) groups excluding carboxylic acids is 1. The zero-order valence-electron chi connectivity index (χ0n) is 25.1. The highest BCUT2D eigenvalue weighted by molar-refractivity contribution is 8.14. The molecule has 1 saturated carbocycles. The minimum atomic E-state index is -4.75. The highest BCUT2D eigenvalue weighted by Gasteiger charge is 2.40. The van der Waals surface area contributed by atoms with Crippen LogP contribution in [0.2, 0.25) is 0 Å². The molecule has 2 fully saturated rings. The van der Waals surface area contributed by atoms with Gasteiger partial charge in [0.2, 0.25) is 0 Å². The van der Waals surface area contributed by atoms with E-state index in [2.05, 4.69) is 69.0 Å². The average Bonchev–Trinajstić information content (AvgIpc) is 3.36. The van der Waals surface area contributed by atoms with E-state index >= 15 is 0 Å². The smallest absolute Gasteiger partial charge is 0.406 e. The fourth-order valence-corrected chi connectivity index (χ4v) is 6.40. The molecule has 8 nitrogen and oxygen atoms in total. The number of hydrogen-bond acceptors (Lipinski definition) is 5. The SMILES string of the molecule is CCc1ccc(N2CCS/C2=N\C(=O)NC2CC2c2ccc(-c3ncn(-c4ccc(OC(F)(F)F)cc4)n3)cc2)c(C(C)C)c1. The topological polar surface area (TPSA) is 84.6 Å². The maximum Gasteiger partial charge on any atom is 0.573 e. The number of hydrogen-bond donors (Lipinski definition) is 1. The molecule has 1 saturated heterocycles. The Labute approximate surface area is 263 Å². The lowest BCUT2D eigenvalue weighted by Gasteiger charge is -2.24. The van der Waals surface area contributed by atoms with Crippen LogP contribution in [-0.4, -0.2) is 50.7 Å². The summed E-state index contributed by atoms with van der Waals surface area (Å²) in [6, 6.07) is 19.5. The van der Waals surface area contributed by atoms with Crippen molar-refractivity contribution in [2.45, 2.75) is 57.9 Å². The predicted octanol–water partition coefficient (Wildman–Crippen LogP) is 7.69. The van der Waals surface area contributed by atoms with E-state index in [1.165, 1.54) is 46.4 Å². The van der Waals surface area contributed by atoms with Gasteiger partial charge in [-0.2, -0.15) is 4.99 Å². The Hall–Kier alpha value is -4.32. The number of alkyl halides is 3. The number of aliphatic imine (C=N–C) groups is 1. The maximum atomic E-state index is 12.9. The Morgan fingerprint density at radius 3 is 2.56 bits per heavy atom. The van der Waals surface area contributed by atoms with Crippen molar-refractivity contribution in [3.8, 4) is 22.8 Å². The second-order valence-electron chi connectivity index (χ2n) is 11.4. The van der Waals surface area contributed by atoms with E-state index < -0.39 is 6.36 Å². The fourth-order valence-electron chi connectivity index (χ4n) is 5.45. The first-order chi connectivity index (χ1) is 21.6. The second kappa shape index (κ2) is 12.6. The van der Waals surface area contributed by atoms with Crippen molar-refractivity contribution in [1.82, 2.24) is 20.1 Å². The third-order valence-corrected chi connectivity index (χ3v) is 8.87. The van der Waals surface area contributed by atoms with Gasteiger partial charge >= 0.3 is 12.4 Å². The molecule has 1 aliphatic carbocycles. The second-order valence-corrected chi connectivity index (χ2v) is 12.4. The number of anilines is 1. The lowest BCUT2D eigenvalue weighted by Crippen LogP contribution is -2.29.